The van der Waals surface area contributed by atoms with Gasteiger partial charge in [0.15, 0.2) is 0 Å². The summed E-state index contributed by atoms with van der Waals surface area (Å²) >= 11 is 1.41. The number of nitrogens with zero attached hydrogens (tertiary/aromatic N) is 3. The Morgan fingerprint density at radius 1 is 1.38 bits per heavy atom. The average Bonchev–Trinajstić information content (AvgIpc) is 2.48. The molecule has 0 aliphatic rings. The van der Waals surface area contributed by atoms with Crippen LogP contribution in [0.1, 0.15) is 17.7 Å². The second kappa shape index (κ2) is 7.41. The van der Waals surface area contributed by atoms with E-state index in [1.54, 1.807) is 30.5 Å². The molecule has 0 fully saturated rings. The zero-order valence-electron chi connectivity index (χ0n) is 11.5. The summed E-state index contributed by atoms with van der Waals surface area (Å²) in [4.78, 5) is 20.1. The molecule has 0 atom stereocenters. The molecule has 1 N–H and O–H groups in total. The fraction of sp³-hybridized carbons (Fsp3) is 0.200. The maximum atomic E-state index is 11.8. The van der Waals surface area contributed by atoms with E-state index in [9.17, 15) is 4.79 Å². The molecule has 2 rings (SSSR count). The minimum atomic E-state index is -0.104. The first kappa shape index (κ1) is 15.0. The SMILES string of the molecule is Cc1ccc(C#N)c(SCCC(=O)Nc2ccccn2)n1. The number of carbonyl (C=O) groups excluding carboxylic acids is 1. The highest BCUT2D eigenvalue weighted by Crippen LogP contribution is 2.21. The van der Waals surface area contributed by atoms with Gasteiger partial charge in [-0.3, -0.25) is 4.79 Å². The molecule has 0 aliphatic carbocycles. The molecule has 2 aromatic heterocycles. The standard InChI is InChI=1S/C15H14N4OS/c1-11-5-6-12(10-16)15(18-11)21-9-7-14(20)19-13-4-2-3-8-17-13/h2-6,8H,7,9H2,1H3,(H,17,19,20). The van der Waals surface area contributed by atoms with Gasteiger partial charge in [-0.05, 0) is 31.2 Å². The van der Waals surface area contributed by atoms with Crippen molar-refractivity contribution in [2.45, 2.75) is 18.4 Å². The van der Waals surface area contributed by atoms with Gasteiger partial charge in [0.05, 0.1) is 5.56 Å². The van der Waals surface area contributed by atoms with Gasteiger partial charge >= 0.3 is 0 Å². The van der Waals surface area contributed by atoms with Crippen LogP contribution in [-0.4, -0.2) is 21.6 Å². The van der Waals surface area contributed by atoms with Crippen molar-refractivity contribution < 1.29 is 4.79 Å². The lowest BCUT2D eigenvalue weighted by molar-refractivity contribution is -0.115. The second-order valence-electron chi connectivity index (χ2n) is 4.28. The molecule has 0 aliphatic heterocycles. The van der Waals surface area contributed by atoms with Crippen LogP contribution in [0.25, 0.3) is 0 Å². The summed E-state index contributed by atoms with van der Waals surface area (Å²) in [5.74, 6) is 0.996. The minimum Gasteiger partial charge on any atom is -0.311 e. The molecule has 0 unspecified atom stereocenters. The van der Waals surface area contributed by atoms with E-state index in [2.05, 4.69) is 21.4 Å². The Morgan fingerprint density at radius 2 is 2.24 bits per heavy atom. The first-order chi connectivity index (χ1) is 10.2. The van der Waals surface area contributed by atoms with Crippen molar-refractivity contribution in [2.24, 2.45) is 0 Å². The third-order valence-electron chi connectivity index (χ3n) is 2.62. The van der Waals surface area contributed by atoms with Crippen molar-refractivity contribution in [3.05, 3.63) is 47.8 Å². The smallest absolute Gasteiger partial charge is 0.226 e. The van der Waals surface area contributed by atoms with Crippen LogP contribution >= 0.6 is 11.8 Å². The Bertz CT molecular complexity index is 667. The van der Waals surface area contributed by atoms with Gasteiger partial charge in [0.25, 0.3) is 0 Å². The fourth-order valence-electron chi connectivity index (χ4n) is 1.61. The molecule has 21 heavy (non-hydrogen) atoms. The number of thioether (sulfide) groups is 1. The number of hydrogen-bond donors (Lipinski definition) is 1. The molecule has 2 heterocycles. The molecule has 0 bridgehead atoms. The van der Waals surface area contributed by atoms with Crippen LogP contribution in [0.15, 0.2) is 41.6 Å². The van der Waals surface area contributed by atoms with Crippen LogP contribution in [0, 0.1) is 18.3 Å². The predicted molar refractivity (Wildman–Crippen MR) is 81.9 cm³/mol. The first-order valence-electron chi connectivity index (χ1n) is 6.40. The number of nitrogens with one attached hydrogen (secondary N) is 1. The number of nitriles is 1. The number of amides is 1. The third kappa shape index (κ3) is 4.58. The van der Waals surface area contributed by atoms with Crippen LogP contribution in [-0.2, 0) is 4.79 Å². The Hall–Kier alpha value is -2.39. The van der Waals surface area contributed by atoms with Crippen molar-refractivity contribution in [1.82, 2.24) is 9.97 Å². The molecule has 0 spiro atoms. The van der Waals surface area contributed by atoms with E-state index in [4.69, 9.17) is 5.26 Å². The molecule has 2 aromatic rings. The average molecular weight is 298 g/mol. The van der Waals surface area contributed by atoms with E-state index in [0.717, 1.165) is 5.69 Å². The topological polar surface area (TPSA) is 78.7 Å². The monoisotopic (exact) mass is 298 g/mol. The summed E-state index contributed by atoms with van der Waals surface area (Å²) < 4.78 is 0. The van der Waals surface area contributed by atoms with E-state index < -0.39 is 0 Å². The van der Waals surface area contributed by atoms with E-state index >= 15 is 0 Å². The van der Waals surface area contributed by atoms with Crippen molar-refractivity contribution in [3.63, 3.8) is 0 Å². The zero-order chi connectivity index (χ0) is 15.1. The Labute approximate surface area is 127 Å². The molecular weight excluding hydrogens is 284 g/mol. The van der Waals surface area contributed by atoms with Crippen LogP contribution in [0.3, 0.4) is 0 Å². The fourth-order valence-corrected chi connectivity index (χ4v) is 2.57. The molecule has 1 amide bonds. The van der Waals surface area contributed by atoms with Crippen molar-refractivity contribution in [1.29, 1.82) is 5.26 Å². The van der Waals surface area contributed by atoms with Crippen LogP contribution < -0.4 is 5.32 Å². The largest absolute Gasteiger partial charge is 0.311 e. The van der Waals surface area contributed by atoms with Crippen LogP contribution in [0.5, 0.6) is 0 Å². The predicted octanol–water partition coefficient (Wildman–Crippen LogP) is 2.78. The maximum Gasteiger partial charge on any atom is 0.226 e. The number of rotatable bonds is 5. The van der Waals surface area contributed by atoms with Gasteiger partial charge < -0.3 is 5.32 Å². The highest BCUT2D eigenvalue weighted by Gasteiger charge is 2.07. The van der Waals surface area contributed by atoms with Gasteiger partial charge in [-0.15, -0.1) is 11.8 Å². The third-order valence-corrected chi connectivity index (χ3v) is 3.61. The molecule has 5 nitrogen and oxygen atoms in total. The van der Waals surface area contributed by atoms with E-state index in [1.165, 1.54) is 11.8 Å². The Kier molecular flexibility index (Phi) is 5.29. The maximum absolute atomic E-state index is 11.8. The van der Waals surface area contributed by atoms with Gasteiger partial charge in [-0.25, -0.2) is 9.97 Å². The number of anilines is 1. The van der Waals surface area contributed by atoms with Crippen LogP contribution in [0.4, 0.5) is 5.82 Å². The minimum absolute atomic E-state index is 0.104. The quantitative estimate of drug-likeness (QED) is 0.859. The number of aromatic nitrogens is 2. The Balaban J connectivity index is 1.86. The highest BCUT2D eigenvalue weighted by atomic mass is 32.2. The molecule has 0 aromatic carbocycles. The Morgan fingerprint density at radius 3 is 2.95 bits per heavy atom. The van der Waals surface area contributed by atoms with E-state index in [-0.39, 0.29) is 5.91 Å². The molecule has 0 radical (unpaired) electrons. The number of carbonyl (C=O) groups is 1. The summed E-state index contributed by atoms with van der Waals surface area (Å²) in [6.07, 6.45) is 1.96. The molecule has 6 heteroatoms. The molecule has 0 saturated carbocycles. The highest BCUT2D eigenvalue weighted by molar-refractivity contribution is 7.99. The van der Waals surface area contributed by atoms with Crippen molar-refractivity contribution in [3.8, 4) is 6.07 Å². The molecular formula is C15H14N4OS. The van der Waals surface area contributed by atoms with Gasteiger partial charge in [-0.2, -0.15) is 5.26 Å². The second-order valence-corrected chi connectivity index (χ2v) is 5.36. The van der Waals surface area contributed by atoms with Crippen molar-refractivity contribution in [2.75, 3.05) is 11.1 Å². The van der Waals surface area contributed by atoms with Gasteiger partial charge in [0.2, 0.25) is 5.91 Å². The lowest BCUT2D eigenvalue weighted by Crippen LogP contribution is -2.13. The normalized spacial score (nSPS) is 9.90. The first-order valence-corrected chi connectivity index (χ1v) is 7.39. The number of aryl methyl sites for hydroxylation is 1. The van der Waals surface area contributed by atoms with E-state index in [1.807, 2.05) is 13.0 Å². The summed E-state index contributed by atoms with van der Waals surface area (Å²) in [7, 11) is 0. The molecule has 106 valence electrons. The van der Waals surface area contributed by atoms with E-state index in [0.29, 0.717) is 28.6 Å². The van der Waals surface area contributed by atoms with Gasteiger partial charge in [0.1, 0.15) is 16.9 Å². The van der Waals surface area contributed by atoms with Gasteiger partial charge in [-0.1, -0.05) is 6.07 Å². The lowest BCUT2D eigenvalue weighted by Gasteiger charge is -2.05. The summed E-state index contributed by atoms with van der Waals surface area (Å²) in [5, 5.41) is 12.4. The van der Waals surface area contributed by atoms with Crippen LogP contribution in [0.2, 0.25) is 0 Å². The summed E-state index contributed by atoms with van der Waals surface area (Å²) in [6, 6.07) is 11.0. The zero-order valence-corrected chi connectivity index (χ0v) is 12.4. The van der Waals surface area contributed by atoms with Crippen molar-refractivity contribution >= 4 is 23.5 Å². The number of hydrogen-bond acceptors (Lipinski definition) is 5. The summed E-state index contributed by atoms with van der Waals surface area (Å²) in [6.45, 7) is 1.87. The van der Waals surface area contributed by atoms with Gasteiger partial charge in [0, 0.05) is 24.1 Å². The lowest BCUT2D eigenvalue weighted by atomic mass is 10.3. The molecule has 0 saturated heterocycles. The summed E-state index contributed by atoms with van der Waals surface area (Å²) in [5.41, 5.74) is 1.39. The number of pyridine rings is 2.